The highest BCUT2D eigenvalue weighted by Crippen LogP contribution is 2.43. The molecule has 1 N–H and O–H groups in total. The topological polar surface area (TPSA) is 32.7 Å². The van der Waals surface area contributed by atoms with Crippen molar-refractivity contribution in [1.29, 1.82) is 0 Å². The van der Waals surface area contributed by atoms with Crippen LogP contribution in [0.1, 0.15) is 12.8 Å². The first-order valence-electron chi connectivity index (χ1n) is 6.23. The average Bonchev–Trinajstić information content (AvgIpc) is 2.25. The van der Waals surface area contributed by atoms with Crippen molar-refractivity contribution in [2.45, 2.75) is 37.0 Å². The summed E-state index contributed by atoms with van der Waals surface area (Å²) in [4.78, 5) is 1.58. The fourth-order valence-corrected chi connectivity index (χ4v) is 1.99. The van der Waals surface area contributed by atoms with E-state index in [-0.39, 0.29) is 6.54 Å². The van der Waals surface area contributed by atoms with Gasteiger partial charge in [0.25, 0.3) is 5.92 Å². The van der Waals surface area contributed by atoms with E-state index in [1.807, 2.05) is 0 Å². The number of alkyl halides is 7. The largest absolute Gasteiger partial charge is 0.453 e. The third kappa shape index (κ3) is 5.95. The molecule has 0 spiro atoms. The Bertz CT molecular complexity index is 329. The van der Waals surface area contributed by atoms with Gasteiger partial charge in [-0.3, -0.25) is 4.90 Å². The Hall–Kier alpha value is -0.610. The standard InChI is InChI=1S/C11H16F7NO2/c12-9(13,7-10(14,15)11(16,17)18)5-8(20)6-19-1-3-21-4-2-19/h8,20H,1-7H2. The Morgan fingerprint density at radius 3 is 2.00 bits per heavy atom. The zero-order chi connectivity index (χ0) is 16.3. The number of aliphatic hydroxyl groups is 1. The van der Waals surface area contributed by atoms with Crippen molar-refractivity contribution in [2.75, 3.05) is 32.8 Å². The molecule has 3 nitrogen and oxygen atoms in total. The molecule has 1 rings (SSSR count). The molecule has 1 fully saturated rings. The molecule has 0 aromatic rings. The highest BCUT2D eigenvalue weighted by Gasteiger charge is 2.61. The van der Waals surface area contributed by atoms with Gasteiger partial charge in [0.1, 0.15) is 0 Å². The van der Waals surface area contributed by atoms with Crippen LogP contribution >= 0.6 is 0 Å². The molecule has 0 aliphatic carbocycles. The molecule has 0 saturated carbocycles. The van der Waals surface area contributed by atoms with E-state index in [1.54, 1.807) is 4.90 Å². The Balaban J connectivity index is 2.50. The van der Waals surface area contributed by atoms with E-state index in [0.29, 0.717) is 26.3 Å². The van der Waals surface area contributed by atoms with E-state index in [2.05, 4.69) is 0 Å². The zero-order valence-corrected chi connectivity index (χ0v) is 11.0. The molecule has 0 aromatic carbocycles. The van der Waals surface area contributed by atoms with Crippen molar-refractivity contribution >= 4 is 0 Å². The fraction of sp³-hybridized carbons (Fsp3) is 1.00. The Morgan fingerprint density at radius 1 is 1.00 bits per heavy atom. The van der Waals surface area contributed by atoms with Crippen LogP contribution in [0.3, 0.4) is 0 Å². The fourth-order valence-electron chi connectivity index (χ4n) is 1.99. The van der Waals surface area contributed by atoms with Gasteiger partial charge < -0.3 is 9.84 Å². The second-order valence-corrected chi connectivity index (χ2v) is 5.01. The van der Waals surface area contributed by atoms with Gasteiger partial charge in [-0.25, -0.2) is 8.78 Å². The number of hydrogen-bond donors (Lipinski definition) is 1. The van der Waals surface area contributed by atoms with E-state index < -0.39 is 37.0 Å². The molecule has 0 amide bonds. The second kappa shape index (κ2) is 6.66. The smallest absolute Gasteiger partial charge is 0.392 e. The highest BCUT2D eigenvalue weighted by molar-refractivity contribution is 4.85. The van der Waals surface area contributed by atoms with E-state index in [4.69, 9.17) is 4.74 Å². The molecule has 1 aliphatic rings. The van der Waals surface area contributed by atoms with Crippen LogP contribution < -0.4 is 0 Å². The summed E-state index contributed by atoms with van der Waals surface area (Å²) in [7, 11) is 0. The summed E-state index contributed by atoms with van der Waals surface area (Å²) in [6, 6.07) is 0. The third-order valence-corrected chi connectivity index (χ3v) is 3.00. The molecule has 1 heterocycles. The lowest BCUT2D eigenvalue weighted by atomic mass is 10.0. The minimum atomic E-state index is -6.04. The second-order valence-electron chi connectivity index (χ2n) is 5.01. The minimum absolute atomic E-state index is 0.226. The maximum atomic E-state index is 13.3. The van der Waals surface area contributed by atoms with Gasteiger partial charge in [0.05, 0.1) is 25.7 Å². The molecule has 0 aromatic heterocycles. The molecular formula is C11H16F7NO2. The first-order valence-corrected chi connectivity index (χ1v) is 6.23. The molecule has 0 bridgehead atoms. The van der Waals surface area contributed by atoms with E-state index in [0.717, 1.165) is 0 Å². The van der Waals surface area contributed by atoms with Crippen molar-refractivity contribution < 1.29 is 40.6 Å². The summed E-state index contributed by atoms with van der Waals surface area (Å²) in [6.45, 7) is 1.21. The van der Waals surface area contributed by atoms with Crippen LogP contribution in [-0.4, -0.2) is 67.0 Å². The summed E-state index contributed by atoms with van der Waals surface area (Å²) in [5, 5.41) is 9.45. The predicted molar refractivity (Wildman–Crippen MR) is 58.4 cm³/mol. The molecule has 21 heavy (non-hydrogen) atoms. The average molecular weight is 327 g/mol. The summed E-state index contributed by atoms with van der Waals surface area (Å²) in [5.41, 5.74) is 0. The third-order valence-electron chi connectivity index (χ3n) is 3.00. The predicted octanol–water partition coefficient (Wildman–Crippen LogP) is 2.29. The van der Waals surface area contributed by atoms with E-state index >= 15 is 0 Å². The summed E-state index contributed by atoms with van der Waals surface area (Å²) in [5.74, 6) is -9.81. The van der Waals surface area contributed by atoms with Crippen molar-refractivity contribution in [2.24, 2.45) is 0 Å². The monoisotopic (exact) mass is 327 g/mol. The number of nitrogens with zero attached hydrogens (tertiary/aromatic N) is 1. The van der Waals surface area contributed by atoms with Crippen LogP contribution in [0.2, 0.25) is 0 Å². The normalized spacial score (nSPS) is 20.6. The number of rotatable bonds is 6. The van der Waals surface area contributed by atoms with Crippen LogP contribution in [0, 0.1) is 0 Å². The van der Waals surface area contributed by atoms with E-state index in [1.165, 1.54) is 0 Å². The van der Waals surface area contributed by atoms with Crippen LogP contribution in [0.25, 0.3) is 0 Å². The van der Waals surface area contributed by atoms with Gasteiger partial charge in [-0.2, -0.15) is 22.0 Å². The van der Waals surface area contributed by atoms with Gasteiger partial charge in [-0.05, 0) is 0 Å². The molecule has 1 aliphatic heterocycles. The van der Waals surface area contributed by atoms with Crippen molar-refractivity contribution in [3.8, 4) is 0 Å². The molecule has 0 radical (unpaired) electrons. The Labute approximate surface area is 116 Å². The maximum Gasteiger partial charge on any atom is 0.453 e. The first kappa shape index (κ1) is 18.4. The maximum absolute atomic E-state index is 13.3. The van der Waals surface area contributed by atoms with Crippen LogP contribution in [0.5, 0.6) is 0 Å². The number of hydrogen-bond acceptors (Lipinski definition) is 3. The van der Waals surface area contributed by atoms with Gasteiger partial charge in [0.15, 0.2) is 0 Å². The van der Waals surface area contributed by atoms with E-state index in [9.17, 15) is 35.8 Å². The summed E-state index contributed by atoms with van der Waals surface area (Å²) < 4.78 is 92.5. The first-order chi connectivity index (χ1) is 9.43. The number of aliphatic hydroxyl groups excluding tert-OH is 1. The molecule has 1 atom stereocenters. The Kier molecular flexibility index (Phi) is 5.84. The number of ether oxygens (including phenoxy) is 1. The zero-order valence-electron chi connectivity index (χ0n) is 11.0. The summed E-state index contributed by atoms with van der Waals surface area (Å²) >= 11 is 0. The van der Waals surface area contributed by atoms with Crippen LogP contribution in [-0.2, 0) is 4.74 Å². The lowest BCUT2D eigenvalue weighted by Gasteiger charge is -2.30. The van der Waals surface area contributed by atoms with Gasteiger partial charge >= 0.3 is 12.1 Å². The Morgan fingerprint density at radius 2 is 1.52 bits per heavy atom. The lowest BCUT2D eigenvalue weighted by molar-refractivity contribution is -0.302. The number of morpholine rings is 1. The summed E-state index contributed by atoms with van der Waals surface area (Å²) in [6.07, 6.45) is -11.8. The highest BCUT2D eigenvalue weighted by atomic mass is 19.4. The van der Waals surface area contributed by atoms with Crippen molar-refractivity contribution in [3.63, 3.8) is 0 Å². The molecule has 126 valence electrons. The van der Waals surface area contributed by atoms with Gasteiger partial charge in [-0.1, -0.05) is 0 Å². The SMILES string of the molecule is OC(CN1CCOCC1)CC(F)(F)CC(F)(F)C(F)(F)F. The van der Waals surface area contributed by atoms with Crippen molar-refractivity contribution in [3.05, 3.63) is 0 Å². The van der Waals surface area contributed by atoms with Gasteiger partial charge in [0.2, 0.25) is 0 Å². The van der Waals surface area contributed by atoms with Crippen LogP contribution in [0.15, 0.2) is 0 Å². The quantitative estimate of drug-likeness (QED) is 0.760. The lowest BCUT2D eigenvalue weighted by Crippen LogP contribution is -2.45. The van der Waals surface area contributed by atoms with Crippen molar-refractivity contribution in [1.82, 2.24) is 4.90 Å². The number of halogens is 7. The molecule has 1 unspecified atom stereocenters. The molecule has 1 saturated heterocycles. The molecular weight excluding hydrogens is 311 g/mol. The van der Waals surface area contributed by atoms with Gasteiger partial charge in [-0.15, -0.1) is 0 Å². The number of β-amino-alcohol motifs (C(OH)–C–C–N with tert-alkyl or cyclic N) is 1. The molecule has 10 heteroatoms. The minimum Gasteiger partial charge on any atom is -0.392 e. The van der Waals surface area contributed by atoms with Crippen LogP contribution in [0.4, 0.5) is 30.7 Å². The van der Waals surface area contributed by atoms with Gasteiger partial charge in [0, 0.05) is 26.1 Å².